The van der Waals surface area contributed by atoms with E-state index in [1.807, 2.05) is 19.9 Å². The number of carbonyl (C=O) groups is 2. The van der Waals surface area contributed by atoms with Gasteiger partial charge in [0.05, 0.1) is 5.88 Å². The van der Waals surface area contributed by atoms with E-state index in [1.54, 1.807) is 29.8 Å². The first-order valence-electron chi connectivity index (χ1n) is 6.81. The number of thiazole rings is 1. The molecule has 1 aliphatic heterocycles. The molecule has 1 fully saturated rings. The zero-order chi connectivity index (χ0) is 15.4. The Kier molecular flexibility index (Phi) is 5.41. The Morgan fingerprint density at radius 1 is 1.57 bits per heavy atom. The van der Waals surface area contributed by atoms with E-state index < -0.39 is 6.04 Å². The zero-order valence-corrected chi connectivity index (χ0v) is 14.0. The van der Waals surface area contributed by atoms with Gasteiger partial charge in [0.2, 0.25) is 5.91 Å². The number of hydrogen-bond donors (Lipinski definition) is 1. The molecule has 0 spiro atoms. The highest BCUT2D eigenvalue weighted by atomic mass is 32.2. The van der Waals surface area contributed by atoms with E-state index in [1.165, 1.54) is 11.3 Å². The lowest BCUT2D eigenvalue weighted by atomic mass is 10.2. The van der Waals surface area contributed by atoms with Crippen LogP contribution in [0.3, 0.4) is 0 Å². The van der Waals surface area contributed by atoms with Gasteiger partial charge in [0.15, 0.2) is 5.13 Å². The molecule has 1 saturated heterocycles. The highest BCUT2D eigenvalue weighted by Gasteiger charge is 2.35. The molecule has 2 rings (SSSR count). The Hall–Kier alpha value is -1.34. The largest absolute Gasteiger partial charge is 0.317 e. The second kappa shape index (κ2) is 7.09. The van der Waals surface area contributed by atoms with Crippen molar-refractivity contribution >= 4 is 40.0 Å². The summed E-state index contributed by atoms with van der Waals surface area (Å²) in [6.45, 7) is 5.73. The quantitative estimate of drug-likeness (QED) is 0.865. The maximum absolute atomic E-state index is 12.4. The number of nitrogens with one attached hydrogen (secondary N) is 1. The molecule has 1 aromatic rings. The predicted molar refractivity (Wildman–Crippen MR) is 87.5 cm³/mol. The first-order chi connectivity index (χ1) is 10.0. The fraction of sp³-hybridized carbons (Fsp3) is 0.500. The van der Waals surface area contributed by atoms with Crippen LogP contribution in [0.15, 0.2) is 17.8 Å². The molecule has 1 N–H and O–H groups in total. The maximum Gasteiger partial charge on any atom is 0.250 e. The topological polar surface area (TPSA) is 62.3 Å². The smallest absolute Gasteiger partial charge is 0.250 e. The third-order valence-electron chi connectivity index (χ3n) is 3.14. The summed E-state index contributed by atoms with van der Waals surface area (Å²) < 4.78 is 0. The van der Waals surface area contributed by atoms with Crippen LogP contribution in [0.4, 0.5) is 5.13 Å². The van der Waals surface area contributed by atoms with E-state index in [0.29, 0.717) is 22.3 Å². The van der Waals surface area contributed by atoms with Gasteiger partial charge in [-0.05, 0) is 20.3 Å². The van der Waals surface area contributed by atoms with Crippen LogP contribution >= 0.6 is 23.1 Å². The third-order valence-corrected chi connectivity index (χ3v) is 4.99. The fourth-order valence-electron chi connectivity index (χ4n) is 2.08. The molecule has 0 saturated carbocycles. The molecule has 0 bridgehead atoms. The number of amides is 2. The van der Waals surface area contributed by atoms with E-state index in [4.69, 9.17) is 0 Å². The lowest BCUT2D eigenvalue weighted by Gasteiger charge is -2.23. The predicted octanol–water partition coefficient (Wildman–Crippen LogP) is 2.65. The van der Waals surface area contributed by atoms with Crippen molar-refractivity contribution < 1.29 is 9.59 Å². The van der Waals surface area contributed by atoms with Crippen LogP contribution in [0.1, 0.15) is 25.1 Å². The minimum Gasteiger partial charge on any atom is -0.317 e. The molecule has 0 aliphatic carbocycles. The number of anilines is 1. The summed E-state index contributed by atoms with van der Waals surface area (Å²) in [7, 11) is 0. The standard InChI is InChI=1S/C14H19N3O2S2/c1-4-5-9(2)13(19)17-8-20-7-11(17)12(18)16-14-15-6-10(3)21-14/h5-6,11H,4,7-8H2,1-3H3,(H,15,16,18)/b9-5-/t11-/m0/s1. The summed E-state index contributed by atoms with van der Waals surface area (Å²) in [5, 5.41) is 3.39. The Bertz CT molecular complexity index is 568. The molecule has 21 heavy (non-hydrogen) atoms. The normalized spacial score (nSPS) is 18.9. The molecule has 0 aromatic carbocycles. The maximum atomic E-state index is 12.4. The van der Waals surface area contributed by atoms with E-state index in [2.05, 4.69) is 10.3 Å². The summed E-state index contributed by atoms with van der Waals surface area (Å²) in [6, 6.07) is -0.424. The van der Waals surface area contributed by atoms with Crippen molar-refractivity contribution in [1.29, 1.82) is 0 Å². The van der Waals surface area contributed by atoms with E-state index in [9.17, 15) is 9.59 Å². The third kappa shape index (κ3) is 3.85. The number of thioether (sulfide) groups is 1. The van der Waals surface area contributed by atoms with Gasteiger partial charge in [0, 0.05) is 22.4 Å². The van der Waals surface area contributed by atoms with Gasteiger partial charge < -0.3 is 10.2 Å². The van der Waals surface area contributed by atoms with Crippen LogP contribution in [0, 0.1) is 6.92 Å². The van der Waals surface area contributed by atoms with E-state index in [-0.39, 0.29) is 11.8 Å². The van der Waals surface area contributed by atoms with Gasteiger partial charge in [0.25, 0.3) is 5.91 Å². The second-order valence-corrected chi connectivity index (χ2v) is 7.09. The number of hydrogen-bond acceptors (Lipinski definition) is 5. The first kappa shape index (κ1) is 16.0. The van der Waals surface area contributed by atoms with E-state index >= 15 is 0 Å². The average Bonchev–Trinajstić information content (AvgIpc) is 3.07. The van der Waals surface area contributed by atoms with Crippen molar-refractivity contribution in [3.8, 4) is 0 Å². The van der Waals surface area contributed by atoms with Crippen LogP contribution in [0.2, 0.25) is 0 Å². The molecule has 1 atom stereocenters. The highest BCUT2D eigenvalue weighted by Crippen LogP contribution is 2.25. The van der Waals surface area contributed by atoms with Gasteiger partial charge in [0.1, 0.15) is 6.04 Å². The van der Waals surface area contributed by atoms with Gasteiger partial charge in [-0.2, -0.15) is 0 Å². The summed E-state index contributed by atoms with van der Waals surface area (Å²) in [5.74, 6) is 0.966. The number of allylic oxidation sites excluding steroid dienone is 1. The summed E-state index contributed by atoms with van der Waals surface area (Å²) in [4.78, 5) is 31.5. The van der Waals surface area contributed by atoms with Gasteiger partial charge in [-0.25, -0.2) is 4.98 Å². The molecule has 114 valence electrons. The summed E-state index contributed by atoms with van der Waals surface area (Å²) in [6.07, 6.45) is 4.43. The minimum atomic E-state index is -0.424. The molecule has 7 heteroatoms. The van der Waals surface area contributed by atoms with E-state index in [0.717, 1.165) is 11.3 Å². The molecule has 5 nitrogen and oxygen atoms in total. The van der Waals surface area contributed by atoms with Crippen LogP contribution in [0.5, 0.6) is 0 Å². The SMILES string of the molecule is CC/C=C(/C)C(=O)N1CSC[C@H]1C(=O)Nc1ncc(C)s1. The Morgan fingerprint density at radius 3 is 2.95 bits per heavy atom. The molecule has 1 aromatic heterocycles. The van der Waals surface area contributed by atoms with Crippen LogP contribution in [-0.4, -0.2) is 39.4 Å². The van der Waals surface area contributed by atoms with Crippen LogP contribution in [0.25, 0.3) is 0 Å². The lowest BCUT2D eigenvalue weighted by molar-refractivity contribution is -0.133. The van der Waals surface area contributed by atoms with Crippen molar-refractivity contribution in [3.05, 3.63) is 22.7 Å². The van der Waals surface area contributed by atoms with Crippen molar-refractivity contribution in [1.82, 2.24) is 9.88 Å². The lowest BCUT2D eigenvalue weighted by Crippen LogP contribution is -2.44. The van der Waals surface area contributed by atoms with Gasteiger partial charge in [-0.15, -0.1) is 23.1 Å². The molecule has 2 amide bonds. The fourth-order valence-corrected chi connectivity index (χ4v) is 3.90. The average molecular weight is 325 g/mol. The number of aromatic nitrogens is 1. The molecular weight excluding hydrogens is 306 g/mol. The van der Waals surface area contributed by atoms with Crippen LogP contribution < -0.4 is 5.32 Å². The van der Waals surface area contributed by atoms with Crippen molar-refractivity contribution in [2.24, 2.45) is 0 Å². The molecule has 0 radical (unpaired) electrons. The highest BCUT2D eigenvalue weighted by molar-refractivity contribution is 7.99. The monoisotopic (exact) mass is 325 g/mol. The van der Waals surface area contributed by atoms with Crippen molar-refractivity contribution in [3.63, 3.8) is 0 Å². The second-order valence-electron chi connectivity index (χ2n) is 4.85. The van der Waals surface area contributed by atoms with Gasteiger partial charge >= 0.3 is 0 Å². The first-order valence-corrected chi connectivity index (χ1v) is 8.78. The van der Waals surface area contributed by atoms with Crippen LogP contribution in [-0.2, 0) is 9.59 Å². The van der Waals surface area contributed by atoms with Gasteiger partial charge in [-0.1, -0.05) is 13.0 Å². The Morgan fingerprint density at radius 2 is 2.33 bits per heavy atom. The van der Waals surface area contributed by atoms with Crippen molar-refractivity contribution in [2.45, 2.75) is 33.2 Å². The number of carbonyl (C=O) groups excluding carboxylic acids is 2. The van der Waals surface area contributed by atoms with Gasteiger partial charge in [-0.3, -0.25) is 9.59 Å². The molecule has 1 aliphatic rings. The number of aryl methyl sites for hydroxylation is 1. The minimum absolute atomic E-state index is 0.0580. The summed E-state index contributed by atoms with van der Waals surface area (Å²) >= 11 is 3.03. The zero-order valence-electron chi connectivity index (χ0n) is 12.4. The number of nitrogens with zero attached hydrogens (tertiary/aromatic N) is 2. The van der Waals surface area contributed by atoms with Crippen molar-refractivity contribution in [2.75, 3.05) is 16.9 Å². The molecule has 2 heterocycles. The molecular formula is C14H19N3O2S2. The molecule has 0 unspecified atom stereocenters. The Labute approximate surface area is 132 Å². The number of rotatable bonds is 4. The Balaban J connectivity index is 2.05. The summed E-state index contributed by atoms with van der Waals surface area (Å²) in [5.41, 5.74) is 0.697.